The molecule has 0 aromatic carbocycles. The fourth-order valence-electron chi connectivity index (χ4n) is 14.9. The molecular weight excluding hydrogens is 405 g/mol. The molecule has 12 saturated carbocycles. The summed E-state index contributed by atoms with van der Waals surface area (Å²) in [7, 11) is -1.82. The van der Waals surface area contributed by atoms with Gasteiger partial charge in [0, 0.05) is 15.5 Å². The lowest BCUT2D eigenvalue weighted by atomic mass is 9.54. The molecule has 12 aliphatic rings. The molecule has 0 saturated heterocycles. The fourth-order valence-corrected chi connectivity index (χ4v) is 22.7. The molecular formula is C30H46NP. The number of hydrogen-bond acceptors (Lipinski definition) is 1. The molecule has 32 heavy (non-hydrogen) atoms. The average molecular weight is 452 g/mol. The van der Waals surface area contributed by atoms with Gasteiger partial charge in [0.25, 0.3) is 0 Å². The minimum Gasteiger partial charge on any atom is -0.317 e. The Morgan fingerprint density at radius 3 is 0.656 bits per heavy atom. The Hall–Kier alpha value is 0.230. The zero-order chi connectivity index (χ0) is 20.9. The van der Waals surface area contributed by atoms with Crippen molar-refractivity contribution < 1.29 is 0 Å². The van der Waals surface area contributed by atoms with Gasteiger partial charge < -0.3 is 5.16 Å². The summed E-state index contributed by atoms with van der Waals surface area (Å²) in [6.45, 7) is 0. The summed E-state index contributed by atoms with van der Waals surface area (Å²) < 4.78 is 0. The first-order valence-corrected chi connectivity index (χ1v) is 16.9. The normalized spacial score (nSPS) is 64.9. The van der Waals surface area contributed by atoms with Crippen molar-refractivity contribution in [1.29, 1.82) is 5.16 Å². The van der Waals surface area contributed by atoms with Crippen LogP contribution in [0.25, 0.3) is 0 Å². The maximum atomic E-state index is 11.5. The van der Waals surface area contributed by atoms with Crippen LogP contribution in [0.3, 0.4) is 0 Å². The molecule has 0 heterocycles. The molecule has 176 valence electrons. The third-order valence-electron chi connectivity index (χ3n) is 14.2. The van der Waals surface area contributed by atoms with Gasteiger partial charge in [-0.1, -0.05) is 0 Å². The highest BCUT2D eigenvalue weighted by Gasteiger charge is 2.73. The van der Waals surface area contributed by atoms with Gasteiger partial charge in [-0.15, -0.1) is 0 Å². The summed E-state index contributed by atoms with van der Waals surface area (Å²) in [6, 6.07) is 0. The van der Waals surface area contributed by atoms with E-state index in [4.69, 9.17) is 0 Å². The summed E-state index contributed by atoms with van der Waals surface area (Å²) in [4.78, 5) is 0. The third kappa shape index (κ3) is 2.20. The van der Waals surface area contributed by atoms with Gasteiger partial charge in [0.05, 0.1) is 0 Å². The van der Waals surface area contributed by atoms with Gasteiger partial charge in [0.2, 0.25) is 0 Å². The van der Waals surface area contributed by atoms with E-state index in [0.717, 1.165) is 53.3 Å². The second-order valence-corrected chi connectivity index (χ2v) is 20.3. The standard InChI is InChI=1S/C30H46NP/c31-32(28-10-19-1-20(11-28)3-21(2-19)12-28,29-13-22-4-23(14-29)6-24(5-22)15-29)30-16-25-7-26(17-30)9-27(8-25)18-30/h19-27,31H,1-18H2. The van der Waals surface area contributed by atoms with E-state index in [1.807, 2.05) is 0 Å². The van der Waals surface area contributed by atoms with Gasteiger partial charge in [0.1, 0.15) is 0 Å². The molecule has 12 aliphatic carbocycles. The Morgan fingerprint density at radius 1 is 0.344 bits per heavy atom. The highest BCUT2D eigenvalue weighted by molar-refractivity contribution is 7.69. The van der Waals surface area contributed by atoms with Crippen molar-refractivity contribution in [3.05, 3.63) is 0 Å². The lowest BCUT2D eigenvalue weighted by Crippen LogP contribution is -2.64. The number of hydrogen-bond donors (Lipinski definition) is 1. The molecule has 12 rings (SSSR count). The maximum Gasteiger partial charge on any atom is 0.00693 e. The van der Waals surface area contributed by atoms with Crippen molar-refractivity contribution >= 4 is 7.05 Å². The van der Waals surface area contributed by atoms with E-state index in [1.165, 1.54) is 0 Å². The first-order chi connectivity index (χ1) is 15.5. The minimum absolute atomic E-state index is 0.527. The molecule has 0 radical (unpaired) electrons. The van der Waals surface area contributed by atoms with E-state index in [1.54, 1.807) is 116 Å². The van der Waals surface area contributed by atoms with Crippen LogP contribution in [0.5, 0.6) is 0 Å². The van der Waals surface area contributed by atoms with Gasteiger partial charge in [-0.3, -0.25) is 0 Å². The van der Waals surface area contributed by atoms with Crippen LogP contribution in [0.1, 0.15) is 116 Å². The predicted octanol–water partition coefficient (Wildman–Crippen LogP) is 8.67. The molecule has 1 nitrogen and oxygen atoms in total. The first-order valence-electron chi connectivity index (χ1n) is 15.1. The molecule has 12 fully saturated rings. The van der Waals surface area contributed by atoms with Crippen LogP contribution in [-0.4, -0.2) is 15.5 Å². The lowest BCUT2D eigenvalue weighted by Gasteiger charge is -2.75. The van der Waals surface area contributed by atoms with Crippen molar-refractivity contribution in [3.63, 3.8) is 0 Å². The fraction of sp³-hybridized carbons (Fsp3) is 1.00. The zero-order valence-corrected chi connectivity index (χ0v) is 21.3. The van der Waals surface area contributed by atoms with E-state index in [-0.39, 0.29) is 0 Å². The molecule has 0 amide bonds. The van der Waals surface area contributed by atoms with Gasteiger partial charge in [-0.25, -0.2) is 0 Å². The Kier molecular flexibility index (Phi) is 3.61. The molecule has 0 unspecified atom stereocenters. The number of nitrogens with one attached hydrogen (secondary N) is 1. The van der Waals surface area contributed by atoms with E-state index in [2.05, 4.69) is 0 Å². The van der Waals surface area contributed by atoms with Crippen molar-refractivity contribution in [2.24, 2.45) is 53.3 Å². The highest BCUT2D eigenvalue weighted by atomic mass is 31.2. The predicted molar refractivity (Wildman–Crippen MR) is 132 cm³/mol. The molecule has 0 aliphatic heterocycles. The molecule has 1 N–H and O–H groups in total. The summed E-state index contributed by atoms with van der Waals surface area (Å²) in [6.07, 6.45) is 28.0. The highest BCUT2D eigenvalue weighted by Crippen LogP contribution is 2.91. The quantitative estimate of drug-likeness (QED) is 0.415. The zero-order valence-electron chi connectivity index (χ0n) is 20.4. The molecule has 12 bridgehead atoms. The average Bonchev–Trinajstić information content (AvgIpc) is 2.70. The smallest absolute Gasteiger partial charge is 0.00693 e. The Balaban J connectivity index is 1.26. The van der Waals surface area contributed by atoms with Crippen LogP contribution in [0.4, 0.5) is 0 Å². The van der Waals surface area contributed by atoms with Crippen molar-refractivity contribution in [1.82, 2.24) is 0 Å². The topological polar surface area (TPSA) is 23.9 Å². The van der Waals surface area contributed by atoms with Crippen LogP contribution >= 0.6 is 7.05 Å². The molecule has 0 aromatic rings. The summed E-state index contributed by atoms with van der Waals surface area (Å²) in [5.41, 5.74) is 0. The summed E-state index contributed by atoms with van der Waals surface area (Å²) in [5, 5.41) is 13.0. The van der Waals surface area contributed by atoms with Crippen molar-refractivity contribution in [2.75, 3.05) is 0 Å². The molecule has 2 heteroatoms. The maximum absolute atomic E-state index is 11.5. The lowest BCUT2D eigenvalue weighted by molar-refractivity contribution is -0.000964. The van der Waals surface area contributed by atoms with Crippen LogP contribution < -0.4 is 0 Å². The van der Waals surface area contributed by atoms with Gasteiger partial charge in [0.15, 0.2) is 0 Å². The van der Waals surface area contributed by atoms with Crippen LogP contribution in [0.2, 0.25) is 0 Å². The van der Waals surface area contributed by atoms with Crippen LogP contribution in [0, 0.1) is 58.4 Å². The monoisotopic (exact) mass is 451 g/mol. The summed E-state index contributed by atoms with van der Waals surface area (Å²) in [5.74, 6) is 9.32. The molecule has 0 aromatic heterocycles. The van der Waals surface area contributed by atoms with Gasteiger partial charge in [-0.05, 0) is 176 Å². The second-order valence-electron chi connectivity index (χ2n) is 16.1. The van der Waals surface area contributed by atoms with Crippen molar-refractivity contribution in [3.8, 4) is 0 Å². The number of rotatable bonds is 3. The Bertz CT molecular complexity index is 679. The third-order valence-corrected chi connectivity index (χ3v) is 20.1. The molecule has 0 atom stereocenters. The second kappa shape index (κ2) is 5.95. The minimum atomic E-state index is -1.82. The SMILES string of the molecule is N=P(C12CC3CC(CC(C3)C1)C2)(C12CC3CC(CC(C3)C1)C2)C12CC3CC(CC(C3)C1)C2. The van der Waals surface area contributed by atoms with E-state index < -0.39 is 7.05 Å². The van der Waals surface area contributed by atoms with E-state index in [0.29, 0.717) is 15.5 Å². The van der Waals surface area contributed by atoms with E-state index in [9.17, 15) is 5.16 Å². The Labute approximate surface area is 196 Å². The molecule has 0 spiro atoms. The van der Waals surface area contributed by atoms with Gasteiger partial charge in [-0.2, -0.15) is 0 Å². The largest absolute Gasteiger partial charge is 0.317 e. The van der Waals surface area contributed by atoms with Crippen LogP contribution in [-0.2, 0) is 0 Å². The van der Waals surface area contributed by atoms with Crippen molar-refractivity contribution in [2.45, 2.75) is 131 Å². The van der Waals surface area contributed by atoms with E-state index >= 15 is 0 Å². The first kappa shape index (κ1) is 19.4. The van der Waals surface area contributed by atoms with Crippen LogP contribution in [0.15, 0.2) is 0 Å². The summed E-state index contributed by atoms with van der Waals surface area (Å²) >= 11 is 0. The Morgan fingerprint density at radius 2 is 0.500 bits per heavy atom. The van der Waals surface area contributed by atoms with Gasteiger partial charge >= 0.3 is 0 Å².